The van der Waals surface area contributed by atoms with Gasteiger partial charge < -0.3 is 14.4 Å². The number of rotatable bonds is 4. The summed E-state index contributed by atoms with van der Waals surface area (Å²) in [5.41, 5.74) is 1.35. The van der Waals surface area contributed by atoms with Crippen LogP contribution in [0.3, 0.4) is 0 Å². The normalized spacial score (nSPS) is 20.0. The van der Waals surface area contributed by atoms with Gasteiger partial charge >= 0.3 is 5.97 Å². The Morgan fingerprint density at radius 1 is 1.25 bits per heavy atom. The summed E-state index contributed by atoms with van der Waals surface area (Å²) in [7, 11) is 1.23. The van der Waals surface area contributed by atoms with Gasteiger partial charge in [0.05, 0.1) is 31.4 Å². The molecule has 10 heteroatoms. The third kappa shape index (κ3) is 5.05. The van der Waals surface area contributed by atoms with Gasteiger partial charge in [-0.05, 0) is 29.5 Å². The molecule has 146 valence electrons. The van der Waals surface area contributed by atoms with E-state index >= 15 is 0 Å². The molecular weight excluding hydrogens is 384 g/mol. The van der Waals surface area contributed by atoms with Gasteiger partial charge in [0, 0.05) is 24.7 Å². The van der Waals surface area contributed by atoms with Crippen molar-refractivity contribution in [1.29, 1.82) is 0 Å². The van der Waals surface area contributed by atoms with Gasteiger partial charge in [-0.15, -0.1) is 5.10 Å². The van der Waals surface area contributed by atoms with Crippen LogP contribution in [0.2, 0.25) is 0 Å². The van der Waals surface area contributed by atoms with Gasteiger partial charge in [-0.3, -0.25) is 14.9 Å². The van der Waals surface area contributed by atoms with Crippen molar-refractivity contribution in [2.45, 2.75) is 0 Å². The van der Waals surface area contributed by atoms with Gasteiger partial charge in [-0.1, -0.05) is 12.1 Å². The topological polar surface area (TPSA) is 110 Å². The summed E-state index contributed by atoms with van der Waals surface area (Å²) >= 11 is 0.995. The standard InChI is InChI=1S/C18H18N4O5S/c1-26-15(23)10-14-16(24)20-18(28-14)21-19-11-12-2-4-13(5-3-12)17(25)22-6-8-27-9-7-22/h2-5,10-11H,6-9H2,1H3,(H,20,21,24)/b14-10+,19-11?. The predicted molar refractivity (Wildman–Crippen MR) is 104 cm³/mol. The third-order valence-corrected chi connectivity index (χ3v) is 4.81. The Morgan fingerprint density at radius 2 is 1.96 bits per heavy atom. The van der Waals surface area contributed by atoms with Crippen molar-refractivity contribution in [2.24, 2.45) is 10.2 Å². The zero-order chi connectivity index (χ0) is 19.9. The Kier molecular flexibility index (Phi) is 6.56. The van der Waals surface area contributed by atoms with Crippen molar-refractivity contribution < 1.29 is 23.9 Å². The number of nitrogens with one attached hydrogen (secondary N) is 1. The number of carbonyl (C=O) groups excluding carboxylic acids is 3. The number of morpholine rings is 1. The molecular formula is C18H18N4O5S. The molecule has 2 aliphatic heterocycles. The van der Waals surface area contributed by atoms with Crippen molar-refractivity contribution in [3.05, 3.63) is 46.4 Å². The summed E-state index contributed by atoms with van der Waals surface area (Å²) in [6, 6.07) is 6.99. The number of ether oxygens (including phenoxy) is 2. The molecule has 0 spiro atoms. The summed E-state index contributed by atoms with van der Waals surface area (Å²) in [5.74, 6) is -1.08. The van der Waals surface area contributed by atoms with Crippen molar-refractivity contribution >= 4 is 40.9 Å². The number of carbonyl (C=O) groups is 3. The van der Waals surface area contributed by atoms with E-state index in [-0.39, 0.29) is 16.0 Å². The van der Waals surface area contributed by atoms with E-state index in [0.717, 1.165) is 23.4 Å². The summed E-state index contributed by atoms with van der Waals surface area (Å²) in [5, 5.41) is 10.6. The molecule has 0 saturated carbocycles. The second-order valence-corrected chi connectivity index (χ2v) is 6.79. The molecule has 0 aliphatic carbocycles. The maximum Gasteiger partial charge on any atom is 0.331 e. The Labute approximate surface area is 165 Å². The molecule has 9 nitrogen and oxygen atoms in total. The highest BCUT2D eigenvalue weighted by Crippen LogP contribution is 2.23. The molecule has 0 bridgehead atoms. The highest BCUT2D eigenvalue weighted by atomic mass is 32.2. The second-order valence-electron chi connectivity index (χ2n) is 5.76. The maximum absolute atomic E-state index is 12.4. The number of amidine groups is 1. The van der Waals surface area contributed by atoms with E-state index in [1.165, 1.54) is 13.3 Å². The first-order valence-corrected chi connectivity index (χ1v) is 9.25. The molecule has 0 aromatic heterocycles. The lowest BCUT2D eigenvalue weighted by Gasteiger charge is -2.26. The van der Waals surface area contributed by atoms with Crippen molar-refractivity contribution in [3.8, 4) is 0 Å². The number of hydrogen-bond donors (Lipinski definition) is 1. The van der Waals surface area contributed by atoms with Gasteiger partial charge in [0.15, 0.2) is 5.17 Å². The molecule has 0 unspecified atom stereocenters. The van der Waals surface area contributed by atoms with Crippen LogP contribution in [0.4, 0.5) is 0 Å². The lowest BCUT2D eigenvalue weighted by atomic mass is 10.1. The van der Waals surface area contributed by atoms with Gasteiger partial charge in [0.2, 0.25) is 0 Å². The lowest BCUT2D eigenvalue weighted by Crippen LogP contribution is -2.40. The smallest absolute Gasteiger partial charge is 0.331 e. The fourth-order valence-electron chi connectivity index (χ4n) is 2.45. The minimum atomic E-state index is -0.617. The number of methoxy groups -OCH3 is 1. The van der Waals surface area contributed by atoms with Crippen LogP contribution in [-0.4, -0.2) is 67.5 Å². The van der Waals surface area contributed by atoms with Crippen molar-refractivity contribution in [1.82, 2.24) is 10.2 Å². The summed E-state index contributed by atoms with van der Waals surface area (Å²) in [6.07, 6.45) is 2.60. The van der Waals surface area contributed by atoms with Gasteiger partial charge in [-0.2, -0.15) is 5.10 Å². The summed E-state index contributed by atoms with van der Waals surface area (Å²) < 4.78 is 9.74. The van der Waals surface area contributed by atoms with Crippen molar-refractivity contribution in [3.63, 3.8) is 0 Å². The Balaban J connectivity index is 1.60. The van der Waals surface area contributed by atoms with Crippen LogP contribution in [0.1, 0.15) is 15.9 Å². The monoisotopic (exact) mass is 402 g/mol. The zero-order valence-corrected chi connectivity index (χ0v) is 15.9. The van der Waals surface area contributed by atoms with Crippen LogP contribution < -0.4 is 5.32 Å². The molecule has 1 aromatic carbocycles. The highest BCUT2D eigenvalue weighted by Gasteiger charge is 2.25. The Morgan fingerprint density at radius 3 is 2.64 bits per heavy atom. The van der Waals surface area contributed by atoms with Crippen LogP contribution in [-0.2, 0) is 19.1 Å². The van der Waals surface area contributed by atoms with Crippen molar-refractivity contribution in [2.75, 3.05) is 33.4 Å². The van der Waals surface area contributed by atoms with Crippen LogP contribution in [0.15, 0.2) is 45.4 Å². The number of esters is 1. The molecule has 0 radical (unpaired) electrons. The molecule has 1 aromatic rings. The van der Waals surface area contributed by atoms with E-state index < -0.39 is 11.9 Å². The van der Waals surface area contributed by atoms with Gasteiger partial charge in [0.1, 0.15) is 0 Å². The first kappa shape index (κ1) is 19.8. The van der Waals surface area contributed by atoms with Crippen LogP contribution in [0, 0.1) is 0 Å². The van der Waals surface area contributed by atoms with E-state index in [0.29, 0.717) is 31.9 Å². The number of amides is 2. The number of nitrogens with zero attached hydrogens (tertiary/aromatic N) is 3. The number of thioether (sulfide) groups is 1. The molecule has 2 heterocycles. The maximum atomic E-state index is 12.4. The fourth-order valence-corrected chi connectivity index (χ4v) is 3.19. The van der Waals surface area contributed by atoms with Crippen LogP contribution in [0.25, 0.3) is 0 Å². The molecule has 2 aliphatic rings. The lowest BCUT2D eigenvalue weighted by molar-refractivity contribution is -0.135. The quantitative estimate of drug-likeness (QED) is 0.345. The van der Waals surface area contributed by atoms with Crippen LogP contribution in [0.5, 0.6) is 0 Å². The largest absolute Gasteiger partial charge is 0.466 e. The minimum Gasteiger partial charge on any atom is -0.466 e. The highest BCUT2D eigenvalue weighted by molar-refractivity contribution is 8.18. The second kappa shape index (κ2) is 9.29. The fraction of sp³-hybridized carbons (Fsp3) is 0.278. The molecule has 3 rings (SSSR count). The molecule has 1 N–H and O–H groups in total. The molecule has 2 saturated heterocycles. The Hall–Kier alpha value is -2.98. The first-order chi connectivity index (χ1) is 13.6. The molecule has 0 atom stereocenters. The van der Waals surface area contributed by atoms with E-state index in [2.05, 4.69) is 20.3 Å². The first-order valence-electron chi connectivity index (χ1n) is 8.44. The summed E-state index contributed by atoms with van der Waals surface area (Å²) in [6.45, 7) is 2.30. The zero-order valence-electron chi connectivity index (χ0n) is 15.1. The molecule has 2 amide bonds. The molecule has 28 heavy (non-hydrogen) atoms. The van der Waals surface area contributed by atoms with E-state index in [1.807, 2.05) is 0 Å². The third-order valence-electron chi connectivity index (χ3n) is 3.91. The van der Waals surface area contributed by atoms with Crippen LogP contribution >= 0.6 is 11.8 Å². The Bertz CT molecular complexity index is 857. The van der Waals surface area contributed by atoms with Gasteiger partial charge in [-0.25, -0.2) is 4.79 Å². The predicted octanol–water partition coefficient (Wildman–Crippen LogP) is 0.769. The summed E-state index contributed by atoms with van der Waals surface area (Å²) in [4.78, 5) is 37.3. The van der Waals surface area contributed by atoms with Gasteiger partial charge in [0.25, 0.3) is 11.8 Å². The average molecular weight is 402 g/mol. The number of benzene rings is 1. The van der Waals surface area contributed by atoms with E-state index in [1.54, 1.807) is 29.2 Å². The SMILES string of the molecule is COC(=O)/C=C1/S/C(=N\N=Cc2ccc(C(=O)N3CCOCC3)cc2)NC1=O. The molecule has 2 fully saturated rings. The average Bonchev–Trinajstić information content (AvgIpc) is 3.07. The van der Waals surface area contributed by atoms with E-state index in [4.69, 9.17) is 4.74 Å². The minimum absolute atomic E-state index is 0.0259. The van der Waals surface area contributed by atoms with E-state index in [9.17, 15) is 14.4 Å². The number of hydrogen-bond acceptors (Lipinski definition) is 8.